The zero-order valence-corrected chi connectivity index (χ0v) is 39.9. The average molecular weight is 889 g/mol. The van der Waals surface area contributed by atoms with Gasteiger partial charge < -0.3 is 0 Å². The molecule has 0 N–H and O–H groups in total. The van der Waals surface area contributed by atoms with Gasteiger partial charge in [-0.25, -0.2) is 4.58 Å². The molecule has 0 saturated carbocycles. The van der Waals surface area contributed by atoms with E-state index in [1.54, 1.807) is 0 Å². The fraction of sp³-hybridized carbons (Fsp3) is 0.191. The molecular weight excluding hydrogens is 831 g/mol. The Kier molecular flexibility index (Phi) is 11.3. The van der Waals surface area contributed by atoms with E-state index >= 15 is 0 Å². The number of rotatable bonds is 14. The zero-order chi connectivity index (χ0) is 46.4. The van der Waals surface area contributed by atoms with Crippen LogP contribution in [0.3, 0.4) is 0 Å². The topological polar surface area (TPSA) is 3.01 Å². The summed E-state index contributed by atoms with van der Waals surface area (Å²) >= 11 is 0. The van der Waals surface area contributed by atoms with E-state index in [1.165, 1.54) is 108 Å². The molecular formula is C68H58N+. The third kappa shape index (κ3) is 7.64. The quantitative estimate of drug-likeness (QED) is 0.0581. The molecule has 1 aliphatic heterocycles. The highest BCUT2D eigenvalue weighted by Gasteiger charge is 2.33. The van der Waals surface area contributed by atoms with Crippen LogP contribution in [0.1, 0.15) is 73.6 Å². The molecule has 0 saturated heterocycles. The minimum atomic E-state index is 0.185. The minimum Gasteiger partial charge on any atom is -0.232 e. The molecule has 0 amide bonds. The molecule has 3 unspecified atom stereocenters. The van der Waals surface area contributed by atoms with Gasteiger partial charge in [-0.05, 0) is 188 Å². The first kappa shape index (κ1) is 42.8. The summed E-state index contributed by atoms with van der Waals surface area (Å²) in [4.78, 5) is 0. The molecule has 1 nitrogen and oxygen atoms in total. The number of nitrogens with zero attached hydrogens (tertiary/aromatic N) is 1. The van der Waals surface area contributed by atoms with E-state index in [2.05, 4.69) is 219 Å². The van der Waals surface area contributed by atoms with Gasteiger partial charge in [0, 0.05) is 12.0 Å². The van der Waals surface area contributed by atoms with E-state index < -0.39 is 0 Å². The van der Waals surface area contributed by atoms with Gasteiger partial charge in [0.25, 0.3) is 0 Å². The summed E-state index contributed by atoms with van der Waals surface area (Å²) in [6.45, 7) is 11.3. The molecule has 1 aliphatic rings. The molecule has 0 aromatic heterocycles. The van der Waals surface area contributed by atoms with E-state index in [0.29, 0.717) is 5.92 Å². The van der Waals surface area contributed by atoms with Crippen molar-refractivity contribution in [3.63, 3.8) is 0 Å². The lowest BCUT2D eigenvalue weighted by atomic mass is 9.74. The standard InChI is InChI=1S/C68H58N/c1-4-5-6-7-10-22-45(2)35-36-51(39-47-23-11-8-12-24-47)64-61-43-59-58(54-32-21-31-53-52-30-16-15-27-50(52)41-60(59)65(53)54)42-62(61)66(68-56-34-20-29-49-28-19-33-55(63(49)56)67(64)68)57(40-48-25-13-9-14-26-48)46(3)44-69-37-17-18-38-69/h6-9,11-21,23-34,37,41-43,46,51,57H,2,4-5,35-36,38-40,44H2,1,3H3/q+1. The van der Waals surface area contributed by atoms with Crippen LogP contribution in [0.15, 0.2) is 194 Å². The number of benzene rings is 9. The minimum absolute atomic E-state index is 0.185. The van der Waals surface area contributed by atoms with Gasteiger partial charge in [0.2, 0.25) is 0 Å². The highest BCUT2D eigenvalue weighted by atomic mass is 15.0. The maximum absolute atomic E-state index is 4.58. The Morgan fingerprint density at radius 3 is 1.93 bits per heavy atom. The van der Waals surface area contributed by atoms with Crippen LogP contribution in [0.2, 0.25) is 0 Å². The molecule has 11 aromatic rings. The molecule has 1 heterocycles. The van der Waals surface area contributed by atoms with E-state index in [9.17, 15) is 0 Å². The van der Waals surface area contributed by atoms with Gasteiger partial charge in [-0.15, -0.1) is 0 Å². The molecule has 1 heteroatoms. The van der Waals surface area contributed by atoms with Crippen molar-refractivity contribution in [1.82, 2.24) is 0 Å². The Labute approximate surface area is 406 Å². The second-order valence-electron chi connectivity index (χ2n) is 19.9. The first-order valence-corrected chi connectivity index (χ1v) is 25.4. The number of unbranched alkanes of at least 4 members (excludes halogenated alkanes) is 1. The second kappa shape index (κ2) is 18.2. The van der Waals surface area contributed by atoms with Gasteiger partial charge >= 0.3 is 0 Å². The maximum Gasteiger partial charge on any atom is 0.163 e. The first-order valence-electron chi connectivity index (χ1n) is 25.4. The largest absolute Gasteiger partial charge is 0.232 e. The van der Waals surface area contributed by atoms with Crippen LogP contribution in [0.4, 0.5) is 0 Å². The van der Waals surface area contributed by atoms with Crippen molar-refractivity contribution in [1.29, 1.82) is 0 Å². The van der Waals surface area contributed by atoms with Crippen molar-refractivity contribution in [3.05, 3.63) is 216 Å². The van der Waals surface area contributed by atoms with Crippen LogP contribution in [-0.4, -0.2) is 23.9 Å². The predicted octanol–water partition coefficient (Wildman–Crippen LogP) is 17.4. The Morgan fingerprint density at radius 2 is 1.20 bits per heavy atom. The zero-order valence-electron chi connectivity index (χ0n) is 39.9. The SMILES string of the molecule is C=C(C#CC=CCCC)CCC(Cc1ccccc1)c1c2cc3c(cc2c(C(Cc2ccccc2)C(C)C[N+]2=CC=CC2)c2c4cccc5cccc(c12)c54)c1cccc2c4ccccc4cc3c21. The molecule has 0 bridgehead atoms. The van der Waals surface area contributed by atoms with Crippen molar-refractivity contribution in [2.75, 3.05) is 13.1 Å². The molecule has 0 spiro atoms. The average Bonchev–Trinajstić information content (AvgIpc) is 4.11. The molecule has 0 radical (unpaired) electrons. The summed E-state index contributed by atoms with van der Waals surface area (Å²) < 4.78 is 2.51. The molecule has 12 rings (SSSR count). The summed E-state index contributed by atoms with van der Waals surface area (Å²) in [6.07, 6.45) is 16.8. The van der Waals surface area contributed by atoms with Crippen LogP contribution in [0.25, 0.3) is 86.2 Å². The van der Waals surface area contributed by atoms with Gasteiger partial charge in [0.1, 0.15) is 6.54 Å². The maximum atomic E-state index is 4.58. The van der Waals surface area contributed by atoms with Gasteiger partial charge in [-0.2, -0.15) is 0 Å². The van der Waals surface area contributed by atoms with Crippen LogP contribution in [0.5, 0.6) is 0 Å². The van der Waals surface area contributed by atoms with E-state index in [4.69, 9.17) is 0 Å². The molecule has 0 aliphatic carbocycles. The summed E-state index contributed by atoms with van der Waals surface area (Å²) in [7, 11) is 0. The van der Waals surface area contributed by atoms with Crippen LogP contribution in [0, 0.1) is 17.8 Å². The first-order chi connectivity index (χ1) is 34.0. The fourth-order valence-electron chi connectivity index (χ4n) is 12.4. The monoisotopic (exact) mass is 888 g/mol. The predicted molar refractivity (Wildman–Crippen MR) is 299 cm³/mol. The van der Waals surface area contributed by atoms with Gasteiger partial charge in [0.15, 0.2) is 12.8 Å². The Morgan fingerprint density at radius 1 is 0.594 bits per heavy atom. The summed E-state index contributed by atoms with van der Waals surface area (Å²) in [6, 6.07) is 60.4. The summed E-state index contributed by atoms with van der Waals surface area (Å²) in [5.41, 5.74) is 6.71. The lowest BCUT2D eigenvalue weighted by molar-refractivity contribution is -0.517. The number of hydrogen-bond donors (Lipinski definition) is 0. The van der Waals surface area contributed by atoms with Crippen molar-refractivity contribution in [2.24, 2.45) is 5.92 Å². The summed E-state index contributed by atoms with van der Waals surface area (Å²) in [5.74, 6) is 7.52. The highest BCUT2D eigenvalue weighted by molar-refractivity contribution is 6.38. The normalized spacial score (nSPS) is 14.3. The van der Waals surface area contributed by atoms with Gasteiger partial charge in [-0.3, -0.25) is 0 Å². The number of allylic oxidation sites excluding steroid dienone is 4. The van der Waals surface area contributed by atoms with Crippen molar-refractivity contribution in [3.8, 4) is 11.8 Å². The Hall–Kier alpha value is -7.53. The van der Waals surface area contributed by atoms with Crippen LogP contribution >= 0.6 is 0 Å². The van der Waals surface area contributed by atoms with E-state index in [0.717, 1.165) is 57.2 Å². The molecule has 334 valence electrons. The fourth-order valence-corrected chi connectivity index (χ4v) is 12.4. The molecule has 69 heavy (non-hydrogen) atoms. The lowest BCUT2D eigenvalue weighted by Crippen LogP contribution is -2.25. The Balaban J connectivity index is 1.23. The van der Waals surface area contributed by atoms with Crippen molar-refractivity contribution >= 4 is 92.4 Å². The smallest absolute Gasteiger partial charge is 0.163 e. The van der Waals surface area contributed by atoms with E-state index in [1.807, 2.05) is 6.08 Å². The van der Waals surface area contributed by atoms with Crippen molar-refractivity contribution in [2.45, 2.75) is 64.2 Å². The number of fused-ring (bicyclic) bond motifs is 9. The van der Waals surface area contributed by atoms with Gasteiger partial charge in [-0.1, -0.05) is 184 Å². The molecule has 3 atom stereocenters. The van der Waals surface area contributed by atoms with Crippen LogP contribution < -0.4 is 0 Å². The van der Waals surface area contributed by atoms with Crippen molar-refractivity contribution < 1.29 is 4.58 Å². The number of hydrogen-bond acceptors (Lipinski definition) is 0. The highest BCUT2D eigenvalue weighted by Crippen LogP contribution is 2.53. The Bertz CT molecular complexity index is 3890. The third-order valence-electron chi connectivity index (χ3n) is 15.5. The molecule has 11 aromatic carbocycles. The third-order valence-corrected chi connectivity index (χ3v) is 15.5. The van der Waals surface area contributed by atoms with E-state index in [-0.39, 0.29) is 11.8 Å². The van der Waals surface area contributed by atoms with Crippen LogP contribution in [-0.2, 0) is 12.8 Å². The molecule has 0 fully saturated rings. The summed E-state index contributed by atoms with van der Waals surface area (Å²) in [5, 5.41) is 21.8. The van der Waals surface area contributed by atoms with Gasteiger partial charge in [0.05, 0.1) is 0 Å². The second-order valence-corrected chi connectivity index (χ2v) is 19.9. The lowest BCUT2D eigenvalue weighted by Gasteiger charge is -2.29.